The zero-order valence-electron chi connectivity index (χ0n) is 13.5. The van der Waals surface area contributed by atoms with Crippen molar-refractivity contribution in [3.05, 3.63) is 34.4 Å². The number of likely N-dealkylation sites (N-methyl/N-ethyl adjacent to an activating group) is 1. The van der Waals surface area contributed by atoms with E-state index in [2.05, 4.69) is 10.6 Å². The van der Waals surface area contributed by atoms with Crippen LogP contribution in [-0.4, -0.2) is 47.8 Å². The summed E-state index contributed by atoms with van der Waals surface area (Å²) in [5, 5.41) is 16.2. The van der Waals surface area contributed by atoms with Crippen molar-refractivity contribution in [2.24, 2.45) is 0 Å². The molecule has 0 aliphatic heterocycles. The highest BCUT2D eigenvalue weighted by molar-refractivity contribution is 5.96. The van der Waals surface area contributed by atoms with Crippen molar-refractivity contribution >= 4 is 23.2 Å². The third-order valence-corrected chi connectivity index (χ3v) is 3.36. The Labute approximate surface area is 135 Å². The first-order chi connectivity index (χ1) is 10.9. The fraction of sp³-hybridized carbons (Fsp3) is 0.467. The molecule has 2 N–H and O–H groups in total. The molecule has 126 valence electrons. The lowest BCUT2D eigenvalue weighted by atomic mass is 10.2. The van der Waals surface area contributed by atoms with Gasteiger partial charge in [-0.05, 0) is 26.5 Å². The van der Waals surface area contributed by atoms with Gasteiger partial charge in [-0.1, -0.05) is 19.1 Å². The number of nitro groups is 1. The zero-order valence-corrected chi connectivity index (χ0v) is 13.5. The lowest BCUT2D eigenvalue weighted by Gasteiger charge is -2.23. The van der Waals surface area contributed by atoms with Crippen LogP contribution in [0.5, 0.6) is 0 Å². The number of hydrogen-bond acceptors (Lipinski definition) is 5. The quantitative estimate of drug-likeness (QED) is 0.556. The van der Waals surface area contributed by atoms with E-state index < -0.39 is 16.9 Å². The van der Waals surface area contributed by atoms with E-state index in [-0.39, 0.29) is 23.8 Å². The van der Waals surface area contributed by atoms with E-state index in [1.165, 1.54) is 18.2 Å². The smallest absolute Gasteiger partial charge is 0.292 e. The molecule has 1 rings (SSSR count). The van der Waals surface area contributed by atoms with Gasteiger partial charge in [0.25, 0.3) is 5.69 Å². The summed E-state index contributed by atoms with van der Waals surface area (Å²) in [5.41, 5.74) is -0.0328. The van der Waals surface area contributed by atoms with Crippen molar-refractivity contribution < 1.29 is 14.5 Å². The summed E-state index contributed by atoms with van der Waals surface area (Å²) in [4.78, 5) is 35.9. The number of carbonyl (C=O) groups excluding carboxylic acids is 2. The Morgan fingerprint density at radius 1 is 1.35 bits per heavy atom. The fourth-order valence-corrected chi connectivity index (χ4v) is 1.86. The van der Waals surface area contributed by atoms with Crippen LogP contribution in [-0.2, 0) is 9.59 Å². The molecule has 0 heterocycles. The Balaban J connectivity index is 2.67. The molecule has 2 amide bonds. The van der Waals surface area contributed by atoms with Gasteiger partial charge in [-0.3, -0.25) is 24.6 Å². The number of hydrogen-bond donors (Lipinski definition) is 2. The van der Waals surface area contributed by atoms with E-state index >= 15 is 0 Å². The van der Waals surface area contributed by atoms with Crippen LogP contribution < -0.4 is 10.6 Å². The van der Waals surface area contributed by atoms with E-state index in [1.807, 2.05) is 6.92 Å². The van der Waals surface area contributed by atoms with E-state index in [9.17, 15) is 19.7 Å². The van der Waals surface area contributed by atoms with Crippen LogP contribution in [0.3, 0.4) is 0 Å². The lowest BCUT2D eigenvalue weighted by Crippen LogP contribution is -2.45. The second-order valence-electron chi connectivity index (χ2n) is 5.20. The molecule has 8 heteroatoms. The van der Waals surface area contributed by atoms with Gasteiger partial charge >= 0.3 is 0 Å². The minimum atomic E-state index is -0.609. The summed E-state index contributed by atoms with van der Waals surface area (Å²) in [6.07, 6.45) is 0.836. The molecule has 1 aromatic rings. The summed E-state index contributed by atoms with van der Waals surface area (Å²) < 4.78 is 0. The number of rotatable bonds is 8. The first-order valence-corrected chi connectivity index (χ1v) is 7.38. The predicted octanol–water partition coefficient (Wildman–Crippen LogP) is 1.38. The molecule has 0 saturated heterocycles. The molecule has 8 nitrogen and oxygen atoms in total. The number of nitrogens with zero attached hydrogens (tertiary/aromatic N) is 2. The van der Waals surface area contributed by atoms with E-state index in [0.717, 1.165) is 6.42 Å². The molecule has 0 unspecified atom stereocenters. The van der Waals surface area contributed by atoms with Gasteiger partial charge in [-0.15, -0.1) is 0 Å². The van der Waals surface area contributed by atoms with Gasteiger partial charge in [0.05, 0.1) is 17.5 Å². The van der Waals surface area contributed by atoms with Crippen LogP contribution in [0, 0.1) is 10.1 Å². The zero-order chi connectivity index (χ0) is 17.4. The van der Waals surface area contributed by atoms with Crippen molar-refractivity contribution in [2.75, 3.05) is 25.5 Å². The topological polar surface area (TPSA) is 105 Å². The Bertz CT molecular complexity index is 576. The summed E-state index contributed by atoms with van der Waals surface area (Å²) in [5.74, 6) is -0.579. The van der Waals surface area contributed by atoms with Gasteiger partial charge in [0.1, 0.15) is 5.69 Å². The Morgan fingerprint density at radius 2 is 2.00 bits per heavy atom. The molecule has 0 saturated carbocycles. The van der Waals surface area contributed by atoms with Gasteiger partial charge in [-0.2, -0.15) is 0 Å². The average molecular weight is 322 g/mol. The third kappa shape index (κ3) is 5.67. The summed E-state index contributed by atoms with van der Waals surface area (Å²) in [6.45, 7) is 4.25. The molecule has 0 spiro atoms. The van der Waals surface area contributed by atoms with Gasteiger partial charge < -0.3 is 10.6 Å². The minimum absolute atomic E-state index is 0.0749. The Kier molecular flexibility index (Phi) is 7.14. The number of carbonyl (C=O) groups is 2. The standard InChI is InChI=1S/C15H22N4O4/c1-4-9-16-14(20)10-18(3)11(2)15(21)17-12-7-5-6-8-13(12)19(22)23/h5-8,11H,4,9-10H2,1-3H3,(H,16,20)(H,17,21)/t11-/m1/s1. The van der Waals surface area contributed by atoms with Gasteiger partial charge in [0.15, 0.2) is 0 Å². The van der Waals surface area contributed by atoms with E-state index in [1.54, 1.807) is 24.9 Å². The average Bonchev–Trinajstić information content (AvgIpc) is 2.52. The van der Waals surface area contributed by atoms with Gasteiger partial charge in [0, 0.05) is 12.6 Å². The summed E-state index contributed by atoms with van der Waals surface area (Å²) in [7, 11) is 1.65. The molecule has 23 heavy (non-hydrogen) atoms. The van der Waals surface area contributed by atoms with Gasteiger partial charge in [-0.25, -0.2) is 0 Å². The van der Waals surface area contributed by atoms with Crippen LogP contribution in [0.2, 0.25) is 0 Å². The molecule has 0 aliphatic rings. The summed E-state index contributed by atoms with van der Waals surface area (Å²) in [6, 6.07) is 5.32. The number of para-hydroxylation sites is 2. The maximum atomic E-state index is 12.2. The lowest BCUT2D eigenvalue weighted by molar-refractivity contribution is -0.383. The molecule has 0 bridgehead atoms. The number of anilines is 1. The van der Waals surface area contributed by atoms with Crippen molar-refractivity contribution in [1.29, 1.82) is 0 Å². The van der Waals surface area contributed by atoms with E-state index in [0.29, 0.717) is 6.54 Å². The van der Waals surface area contributed by atoms with Crippen molar-refractivity contribution in [3.63, 3.8) is 0 Å². The van der Waals surface area contributed by atoms with E-state index in [4.69, 9.17) is 0 Å². The SMILES string of the molecule is CCCNC(=O)CN(C)[C@H](C)C(=O)Nc1ccccc1[N+](=O)[O-]. The predicted molar refractivity (Wildman–Crippen MR) is 87.1 cm³/mol. The van der Waals surface area contributed by atoms with Crippen molar-refractivity contribution in [1.82, 2.24) is 10.2 Å². The first-order valence-electron chi connectivity index (χ1n) is 7.38. The number of nitrogens with one attached hydrogen (secondary N) is 2. The third-order valence-electron chi connectivity index (χ3n) is 3.36. The molecular weight excluding hydrogens is 300 g/mol. The normalized spacial score (nSPS) is 11.8. The number of nitro benzene ring substituents is 1. The second-order valence-corrected chi connectivity index (χ2v) is 5.20. The molecule has 0 aromatic heterocycles. The molecule has 0 radical (unpaired) electrons. The highest BCUT2D eigenvalue weighted by atomic mass is 16.6. The van der Waals surface area contributed by atoms with Crippen LogP contribution >= 0.6 is 0 Å². The number of benzene rings is 1. The molecule has 1 aromatic carbocycles. The summed E-state index contributed by atoms with van der Waals surface area (Å²) >= 11 is 0. The monoisotopic (exact) mass is 322 g/mol. The fourth-order valence-electron chi connectivity index (χ4n) is 1.86. The first kappa shape index (κ1) is 18.6. The Morgan fingerprint density at radius 3 is 2.61 bits per heavy atom. The van der Waals surface area contributed by atoms with Crippen LogP contribution in [0.25, 0.3) is 0 Å². The van der Waals surface area contributed by atoms with Crippen LogP contribution in [0.1, 0.15) is 20.3 Å². The second kappa shape index (κ2) is 8.84. The van der Waals surface area contributed by atoms with Crippen molar-refractivity contribution in [3.8, 4) is 0 Å². The van der Waals surface area contributed by atoms with Crippen LogP contribution in [0.4, 0.5) is 11.4 Å². The number of amides is 2. The molecular formula is C15H22N4O4. The van der Waals surface area contributed by atoms with Gasteiger partial charge in [0.2, 0.25) is 11.8 Å². The highest BCUT2D eigenvalue weighted by Gasteiger charge is 2.22. The maximum Gasteiger partial charge on any atom is 0.292 e. The Hall–Kier alpha value is -2.48. The molecule has 0 fully saturated rings. The highest BCUT2D eigenvalue weighted by Crippen LogP contribution is 2.23. The van der Waals surface area contributed by atoms with Crippen LogP contribution in [0.15, 0.2) is 24.3 Å². The van der Waals surface area contributed by atoms with Crippen molar-refractivity contribution in [2.45, 2.75) is 26.3 Å². The largest absolute Gasteiger partial charge is 0.355 e. The molecule has 0 aliphatic carbocycles. The maximum absolute atomic E-state index is 12.2. The minimum Gasteiger partial charge on any atom is -0.355 e. The molecule has 1 atom stereocenters.